The maximum Gasteiger partial charge on any atom is 0.326 e. The van der Waals surface area contributed by atoms with Gasteiger partial charge in [0.25, 0.3) is 0 Å². The van der Waals surface area contributed by atoms with Crippen LogP contribution in [0, 0.1) is 0 Å². The van der Waals surface area contributed by atoms with Gasteiger partial charge in [0, 0.05) is 24.5 Å². The third kappa shape index (κ3) is 6.00. The molecule has 0 aromatic heterocycles. The molecule has 5 nitrogen and oxygen atoms in total. The Morgan fingerprint density at radius 1 is 0.906 bits per heavy atom. The van der Waals surface area contributed by atoms with Crippen molar-refractivity contribution < 1.29 is 9.59 Å². The Morgan fingerprint density at radius 3 is 2.53 bits per heavy atom. The van der Waals surface area contributed by atoms with Gasteiger partial charge in [0.1, 0.15) is 0 Å². The second kappa shape index (κ2) is 11.0. The molecule has 2 aromatic rings. The third-order valence-corrected chi connectivity index (χ3v) is 6.33. The van der Waals surface area contributed by atoms with E-state index in [4.69, 9.17) is 0 Å². The highest BCUT2D eigenvalue weighted by Gasteiger charge is 2.20. The topological polar surface area (TPSA) is 61.4 Å². The number of anilines is 2. The number of hydrogen-bond donors (Lipinski definition) is 2. The largest absolute Gasteiger partial charge is 0.355 e. The van der Waals surface area contributed by atoms with Crippen LogP contribution in [-0.2, 0) is 17.6 Å². The Labute approximate surface area is 190 Å². The predicted octanol–water partition coefficient (Wildman–Crippen LogP) is 5.61. The van der Waals surface area contributed by atoms with Crippen LogP contribution >= 0.6 is 0 Å². The van der Waals surface area contributed by atoms with Gasteiger partial charge in [-0.15, -0.1) is 0 Å². The van der Waals surface area contributed by atoms with Crippen molar-refractivity contribution in [3.05, 3.63) is 71.3 Å². The van der Waals surface area contributed by atoms with Crippen molar-refractivity contribution in [3.8, 4) is 0 Å². The number of carbonyl (C=O) groups is 2. The summed E-state index contributed by atoms with van der Waals surface area (Å²) in [6.07, 6.45) is 11.6. The highest BCUT2D eigenvalue weighted by Crippen LogP contribution is 2.27. The average Bonchev–Trinajstić information content (AvgIpc) is 3.04. The number of carbonyl (C=O) groups excluding carboxylic acids is 2. The molecule has 0 atom stereocenters. The molecule has 1 heterocycles. The van der Waals surface area contributed by atoms with Gasteiger partial charge in [-0.2, -0.15) is 0 Å². The zero-order valence-corrected chi connectivity index (χ0v) is 18.7. The van der Waals surface area contributed by atoms with E-state index in [0.717, 1.165) is 49.2 Å². The summed E-state index contributed by atoms with van der Waals surface area (Å²) >= 11 is 0. The molecule has 32 heavy (non-hydrogen) atoms. The van der Waals surface area contributed by atoms with Gasteiger partial charge < -0.3 is 10.6 Å². The quantitative estimate of drug-likeness (QED) is 0.584. The fraction of sp³-hybridized carbons (Fsp3) is 0.407. The molecule has 0 radical (unpaired) electrons. The van der Waals surface area contributed by atoms with Gasteiger partial charge in [-0.25, -0.2) is 4.79 Å². The number of para-hydroxylation sites is 1. The van der Waals surface area contributed by atoms with E-state index < -0.39 is 0 Å². The number of nitrogens with zero attached hydrogens (tertiary/aromatic N) is 1. The number of urea groups is 1. The van der Waals surface area contributed by atoms with Crippen molar-refractivity contribution in [2.45, 2.75) is 57.8 Å². The lowest BCUT2D eigenvalue weighted by molar-refractivity contribution is -0.120. The monoisotopic (exact) mass is 431 g/mol. The molecule has 1 aliphatic heterocycles. The van der Waals surface area contributed by atoms with Crippen LogP contribution in [0.25, 0.3) is 0 Å². The minimum Gasteiger partial charge on any atom is -0.355 e. The maximum atomic E-state index is 12.9. The molecule has 0 unspecified atom stereocenters. The lowest BCUT2D eigenvalue weighted by Gasteiger charge is -2.23. The van der Waals surface area contributed by atoms with Crippen LogP contribution in [0.4, 0.5) is 16.2 Å². The molecule has 2 N–H and O–H groups in total. The number of hydrogen-bond acceptors (Lipinski definition) is 2. The van der Waals surface area contributed by atoms with Crippen molar-refractivity contribution in [1.29, 1.82) is 0 Å². The van der Waals surface area contributed by atoms with Gasteiger partial charge in [-0.1, -0.05) is 42.0 Å². The molecule has 0 bridgehead atoms. The summed E-state index contributed by atoms with van der Waals surface area (Å²) in [5, 5.41) is 6.04. The normalized spacial score (nSPS) is 15.9. The molecular formula is C27H33N3O2. The SMILES string of the molecule is O=C(Cc1ccc(NC(=O)N2CCCCc3ccccc32)cc1)NCCC1=CCCCC1. The van der Waals surface area contributed by atoms with Crippen molar-refractivity contribution in [1.82, 2.24) is 5.32 Å². The molecule has 2 aliphatic rings. The number of rotatable bonds is 6. The molecule has 4 rings (SSSR count). The first-order valence-electron chi connectivity index (χ1n) is 11.9. The van der Waals surface area contributed by atoms with Crippen LogP contribution in [0.5, 0.6) is 0 Å². The van der Waals surface area contributed by atoms with E-state index in [1.54, 1.807) is 0 Å². The number of fused-ring (bicyclic) bond motifs is 1. The lowest BCUT2D eigenvalue weighted by atomic mass is 9.97. The van der Waals surface area contributed by atoms with Crippen LogP contribution < -0.4 is 15.5 Å². The maximum absolute atomic E-state index is 12.9. The van der Waals surface area contributed by atoms with Crippen molar-refractivity contribution in [3.63, 3.8) is 0 Å². The Balaban J connectivity index is 1.27. The van der Waals surface area contributed by atoms with Crippen LogP contribution in [0.15, 0.2) is 60.2 Å². The first-order chi connectivity index (χ1) is 15.7. The smallest absolute Gasteiger partial charge is 0.326 e. The van der Waals surface area contributed by atoms with Crippen molar-refractivity contribution >= 4 is 23.3 Å². The van der Waals surface area contributed by atoms with Crippen LogP contribution in [0.3, 0.4) is 0 Å². The van der Waals surface area contributed by atoms with Crippen molar-refractivity contribution in [2.24, 2.45) is 0 Å². The minimum atomic E-state index is -0.109. The molecule has 0 fully saturated rings. The van der Waals surface area contributed by atoms with Gasteiger partial charge in [-0.3, -0.25) is 9.69 Å². The summed E-state index contributed by atoms with van der Waals surface area (Å²) in [4.78, 5) is 27.0. The van der Waals surface area contributed by atoms with Crippen LogP contribution in [0.1, 0.15) is 56.1 Å². The van der Waals surface area contributed by atoms with Gasteiger partial charge >= 0.3 is 6.03 Å². The highest BCUT2D eigenvalue weighted by atomic mass is 16.2. The minimum absolute atomic E-state index is 0.0411. The van der Waals surface area contributed by atoms with E-state index in [2.05, 4.69) is 22.8 Å². The zero-order chi connectivity index (χ0) is 22.2. The van der Waals surface area contributed by atoms with Gasteiger partial charge in [0.15, 0.2) is 0 Å². The Kier molecular flexibility index (Phi) is 7.59. The van der Waals surface area contributed by atoms with Crippen molar-refractivity contribution in [2.75, 3.05) is 23.3 Å². The summed E-state index contributed by atoms with van der Waals surface area (Å²) in [7, 11) is 0. The van der Waals surface area contributed by atoms with E-state index >= 15 is 0 Å². The number of nitrogens with one attached hydrogen (secondary N) is 2. The summed E-state index contributed by atoms with van der Waals surface area (Å²) in [5.74, 6) is 0.0411. The molecule has 1 aliphatic carbocycles. The summed E-state index contributed by atoms with van der Waals surface area (Å²) in [5.41, 5.74) is 5.38. The van der Waals surface area contributed by atoms with Gasteiger partial charge in [-0.05, 0) is 80.7 Å². The van der Waals surface area contributed by atoms with E-state index in [-0.39, 0.29) is 11.9 Å². The van der Waals surface area contributed by atoms with Gasteiger partial charge in [0.2, 0.25) is 5.91 Å². The fourth-order valence-corrected chi connectivity index (χ4v) is 4.54. The van der Waals surface area contributed by atoms with E-state index in [9.17, 15) is 9.59 Å². The molecule has 2 aromatic carbocycles. The van der Waals surface area contributed by atoms with E-state index in [0.29, 0.717) is 13.0 Å². The average molecular weight is 432 g/mol. The molecular weight excluding hydrogens is 398 g/mol. The molecule has 0 spiro atoms. The Bertz CT molecular complexity index is 965. The number of allylic oxidation sites excluding steroid dienone is 1. The first-order valence-corrected chi connectivity index (χ1v) is 11.9. The van der Waals surface area contributed by atoms with E-state index in [1.165, 1.54) is 36.8 Å². The lowest BCUT2D eigenvalue weighted by Crippen LogP contribution is -2.35. The number of amides is 3. The second-order valence-electron chi connectivity index (χ2n) is 8.75. The second-order valence-corrected chi connectivity index (χ2v) is 8.75. The third-order valence-electron chi connectivity index (χ3n) is 6.33. The zero-order valence-electron chi connectivity index (χ0n) is 18.7. The standard InChI is InChI=1S/C27H33N3O2/c31-26(28-18-17-21-8-2-1-3-9-21)20-22-13-15-24(16-14-22)29-27(32)30-19-7-6-11-23-10-4-5-12-25(23)30/h4-5,8,10,12-16H,1-3,6-7,9,11,17-20H2,(H,28,31)(H,29,32). The number of benzene rings is 2. The number of aryl methyl sites for hydroxylation is 1. The van der Waals surface area contributed by atoms with Crippen LogP contribution in [0.2, 0.25) is 0 Å². The van der Waals surface area contributed by atoms with Gasteiger partial charge in [0.05, 0.1) is 6.42 Å². The molecule has 0 saturated carbocycles. The Hall–Kier alpha value is -3.08. The highest BCUT2D eigenvalue weighted by molar-refractivity contribution is 6.02. The molecule has 0 saturated heterocycles. The molecule has 5 heteroatoms. The first kappa shape index (κ1) is 22.1. The molecule has 168 valence electrons. The summed E-state index contributed by atoms with van der Waals surface area (Å²) in [6, 6.07) is 15.6. The molecule has 3 amide bonds. The Morgan fingerprint density at radius 2 is 1.72 bits per heavy atom. The van der Waals surface area contributed by atoms with Crippen LogP contribution in [-0.4, -0.2) is 25.0 Å². The predicted molar refractivity (Wildman–Crippen MR) is 130 cm³/mol. The summed E-state index contributed by atoms with van der Waals surface area (Å²) in [6.45, 7) is 1.42. The van der Waals surface area contributed by atoms with E-state index in [1.807, 2.05) is 47.4 Å². The fourth-order valence-electron chi connectivity index (χ4n) is 4.54. The summed E-state index contributed by atoms with van der Waals surface area (Å²) < 4.78 is 0.